The molecule has 0 atom stereocenters. The highest BCUT2D eigenvalue weighted by Gasteiger charge is 2.25. The van der Waals surface area contributed by atoms with Crippen molar-refractivity contribution in [2.24, 2.45) is 0 Å². The molecule has 5 nitrogen and oxygen atoms in total. The normalized spacial score (nSPS) is 10.5. The quantitative estimate of drug-likeness (QED) is 0.342. The molecule has 0 saturated heterocycles. The Morgan fingerprint density at radius 3 is 2.50 bits per heavy atom. The van der Waals surface area contributed by atoms with Crippen molar-refractivity contribution >= 4 is 60.1 Å². The van der Waals surface area contributed by atoms with Crippen LogP contribution in [0.5, 0.6) is 5.75 Å². The molecule has 1 heterocycles. The number of carbonyl (C=O) groups excluding carboxylic acids is 2. The number of hydrogen-bond donors (Lipinski definition) is 1. The maximum Gasteiger partial charge on any atom is 0.341 e. The third-order valence-electron chi connectivity index (χ3n) is 4.13. The lowest BCUT2D eigenvalue weighted by atomic mass is 10.0. The molecule has 0 aliphatic rings. The zero-order valence-electron chi connectivity index (χ0n) is 16.3. The van der Waals surface area contributed by atoms with Gasteiger partial charge in [0, 0.05) is 14.9 Å². The van der Waals surface area contributed by atoms with Crippen molar-refractivity contribution in [1.82, 2.24) is 0 Å². The number of benzene rings is 2. The van der Waals surface area contributed by atoms with Crippen LogP contribution in [0, 0.1) is 6.92 Å². The minimum atomic E-state index is -0.465. The number of halogens is 2. The van der Waals surface area contributed by atoms with Gasteiger partial charge < -0.3 is 14.8 Å². The predicted molar refractivity (Wildman–Crippen MR) is 126 cm³/mol. The summed E-state index contributed by atoms with van der Waals surface area (Å²) in [5.41, 5.74) is 2.03. The second-order valence-electron chi connectivity index (χ2n) is 6.24. The highest BCUT2D eigenvalue weighted by atomic mass is 79.9. The highest BCUT2D eigenvalue weighted by molar-refractivity contribution is 9.11. The van der Waals surface area contributed by atoms with Crippen LogP contribution < -0.4 is 10.1 Å². The van der Waals surface area contributed by atoms with Gasteiger partial charge in [0.2, 0.25) is 0 Å². The zero-order chi connectivity index (χ0) is 21.7. The van der Waals surface area contributed by atoms with Crippen molar-refractivity contribution in [3.05, 3.63) is 67.9 Å². The average molecular weight is 553 g/mol. The molecule has 0 aliphatic carbocycles. The second kappa shape index (κ2) is 10.2. The van der Waals surface area contributed by atoms with Crippen LogP contribution in [0.1, 0.15) is 22.2 Å². The fraction of sp³-hybridized carbons (Fsp3) is 0.182. The molecule has 8 heteroatoms. The summed E-state index contributed by atoms with van der Waals surface area (Å²) in [4.78, 5) is 26.2. The summed E-state index contributed by atoms with van der Waals surface area (Å²) in [7, 11) is 0. The molecular formula is C22H19Br2NO4S. The Morgan fingerprint density at radius 1 is 1.10 bits per heavy atom. The Labute approximate surface area is 195 Å². The van der Waals surface area contributed by atoms with Crippen molar-refractivity contribution in [2.45, 2.75) is 13.8 Å². The summed E-state index contributed by atoms with van der Waals surface area (Å²) in [6.07, 6.45) is 0. The minimum absolute atomic E-state index is 0.194. The van der Waals surface area contributed by atoms with E-state index in [1.165, 1.54) is 11.3 Å². The van der Waals surface area contributed by atoms with E-state index >= 15 is 0 Å². The zero-order valence-corrected chi connectivity index (χ0v) is 20.3. The van der Waals surface area contributed by atoms with Crippen LogP contribution in [0.4, 0.5) is 5.00 Å². The van der Waals surface area contributed by atoms with E-state index in [0.29, 0.717) is 16.3 Å². The van der Waals surface area contributed by atoms with E-state index in [1.807, 2.05) is 49.4 Å². The molecule has 0 unspecified atom stereocenters. The standard InChI is InChI=1S/C22H19Br2NO4S/c1-3-28-22(27)20-19(14-7-5-4-6-8-14)13(2)30-21(20)25-18(26)12-29-17-10-9-15(23)11-16(17)24/h4-11H,3,12H2,1-2H3,(H,25,26). The first kappa shape index (κ1) is 22.5. The molecule has 0 spiro atoms. The lowest BCUT2D eigenvalue weighted by Crippen LogP contribution is -2.21. The first-order valence-electron chi connectivity index (χ1n) is 9.14. The summed E-state index contributed by atoms with van der Waals surface area (Å²) in [6.45, 7) is 3.72. The predicted octanol–water partition coefficient (Wildman–Crippen LogP) is 6.44. The molecule has 0 aliphatic heterocycles. The molecule has 0 bridgehead atoms. The molecule has 3 aromatic rings. The van der Waals surface area contributed by atoms with Gasteiger partial charge in [-0.1, -0.05) is 46.3 Å². The summed E-state index contributed by atoms with van der Waals surface area (Å²) in [5.74, 6) is -0.282. The van der Waals surface area contributed by atoms with E-state index in [9.17, 15) is 9.59 Å². The third-order valence-corrected chi connectivity index (χ3v) is 6.27. The number of ether oxygens (including phenoxy) is 2. The van der Waals surface area contributed by atoms with E-state index < -0.39 is 5.97 Å². The maximum atomic E-state index is 12.7. The number of thiophene rings is 1. The van der Waals surface area contributed by atoms with Crippen molar-refractivity contribution < 1.29 is 19.1 Å². The molecule has 1 aromatic heterocycles. The summed E-state index contributed by atoms with van der Waals surface area (Å²) < 4.78 is 12.5. The summed E-state index contributed by atoms with van der Waals surface area (Å²) in [5, 5.41) is 3.26. The summed E-state index contributed by atoms with van der Waals surface area (Å²) >= 11 is 8.12. The molecule has 156 valence electrons. The Morgan fingerprint density at radius 2 is 1.83 bits per heavy atom. The number of esters is 1. The molecule has 1 amide bonds. The Balaban J connectivity index is 1.84. The van der Waals surface area contributed by atoms with Crippen molar-refractivity contribution in [3.63, 3.8) is 0 Å². The van der Waals surface area contributed by atoms with Gasteiger partial charge in [0.25, 0.3) is 5.91 Å². The van der Waals surface area contributed by atoms with Gasteiger partial charge in [-0.15, -0.1) is 11.3 Å². The molecule has 0 radical (unpaired) electrons. The molecule has 30 heavy (non-hydrogen) atoms. The summed E-state index contributed by atoms with van der Waals surface area (Å²) in [6, 6.07) is 15.0. The Bertz CT molecular complexity index is 1070. The van der Waals surface area contributed by atoms with Crippen LogP contribution in [-0.4, -0.2) is 25.1 Å². The number of carbonyl (C=O) groups is 2. The molecule has 0 saturated carbocycles. The lowest BCUT2D eigenvalue weighted by Gasteiger charge is -2.10. The third kappa shape index (κ3) is 5.30. The second-order valence-corrected chi connectivity index (χ2v) is 9.23. The molecule has 1 N–H and O–H groups in total. The fourth-order valence-corrected chi connectivity index (χ4v) is 5.12. The first-order chi connectivity index (χ1) is 14.4. The van der Waals surface area contributed by atoms with Crippen LogP contribution in [0.2, 0.25) is 0 Å². The number of rotatable bonds is 7. The number of aryl methyl sites for hydroxylation is 1. The maximum absolute atomic E-state index is 12.7. The van der Waals surface area contributed by atoms with Gasteiger partial charge in [-0.3, -0.25) is 4.79 Å². The Hall–Kier alpha value is -2.16. The SMILES string of the molecule is CCOC(=O)c1c(NC(=O)COc2ccc(Br)cc2Br)sc(C)c1-c1ccccc1. The van der Waals surface area contributed by atoms with Crippen LogP contribution in [0.15, 0.2) is 57.5 Å². The monoisotopic (exact) mass is 551 g/mol. The first-order valence-corrected chi connectivity index (χ1v) is 11.5. The van der Waals surface area contributed by atoms with E-state index in [-0.39, 0.29) is 19.1 Å². The molecule has 0 fully saturated rings. The molecule has 2 aromatic carbocycles. The van der Waals surface area contributed by atoms with E-state index in [0.717, 1.165) is 24.9 Å². The van der Waals surface area contributed by atoms with E-state index in [4.69, 9.17) is 9.47 Å². The van der Waals surface area contributed by atoms with Gasteiger partial charge in [0.15, 0.2) is 6.61 Å². The van der Waals surface area contributed by atoms with Gasteiger partial charge >= 0.3 is 5.97 Å². The fourth-order valence-electron chi connectivity index (χ4n) is 2.88. The smallest absolute Gasteiger partial charge is 0.341 e. The lowest BCUT2D eigenvalue weighted by molar-refractivity contribution is -0.118. The van der Waals surface area contributed by atoms with E-state index in [2.05, 4.69) is 37.2 Å². The number of amides is 1. The van der Waals surface area contributed by atoms with Gasteiger partial charge in [-0.05, 0) is 53.5 Å². The van der Waals surface area contributed by atoms with Crippen LogP contribution in [0.25, 0.3) is 11.1 Å². The minimum Gasteiger partial charge on any atom is -0.483 e. The van der Waals surface area contributed by atoms with Gasteiger partial charge in [0.1, 0.15) is 16.3 Å². The van der Waals surface area contributed by atoms with Crippen LogP contribution >= 0.6 is 43.2 Å². The van der Waals surface area contributed by atoms with Crippen molar-refractivity contribution in [1.29, 1.82) is 0 Å². The topological polar surface area (TPSA) is 64.6 Å². The average Bonchev–Trinajstić information content (AvgIpc) is 3.03. The van der Waals surface area contributed by atoms with Gasteiger partial charge in [0.05, 0.1) is 11.1 Å². The van der Waals surface area contributed by atoms with E-state index in [1.54, 1.807) is 13.0 Å². The Kier molecular flexibility index (Phi) is 7.69. The van der Waals surface area contributed by atoms with Crippen molar-refractivity contribution in [3.8, 4) is 16.9 Å². The molecular weight excluding hydrogens is 534 g/mol. The highest BCUT2D eigenvalue weighted by Crippen LogP contribution is 2.40. The number of nitrogens with one attached hydrogen (secondary N) is 1. The number of hydrogen-bond acceptors (Lipinski definition) is 5. The molecule has 3 rings (SSSR count). The largest absolute Gasteiger partial charge is 0.483 e. The van der Waals surface area contributed by atoms with Gasteiger partial charge in [-0.25, -0.2) is 4.79 Å². The van der Waals surface area contributed by atoms with Crippen LogP contribution in [0.3, 0.4) is 0 Å². The van der Waals surface area contributed by atoms with Crippen LogP contribution in [-0.2, 0) is 9.53 Å². The number of anilines is 1. The van der Waals surface area contributed by atoms with Gasteiger partial charge in [-0.2, -0.15) is 0 Å². The van der Waals surface area contributed by atoms with Crippen molar-refractivity contribution in [2.75, 3.05) is 18.5 Å².